The number of rotatable bonds is 0. The smallest absolute Gasteiger partial charge is 0.175 e. The minimum Gasteiger partial charge on any atom is -0.347 e. The molecule has 22 heavy (non-hydrogen) atoms. The normalized spacial score (nSPS) is 48.0. The summed E-state index contributed by atoms with van der Waals surface area (Å²) in [6, 6.07) is 0. The summed E-state index contributed by atoms with van der Waals surface area (Å²) in [4.78, 5) is 0. The van der Waals surface area contributed by atoms with E-state index in [0.717, 1.165) is 52.1 Å². The lowest BCUT2D eigenvalue weighted by molar-refractivity contribution is -0.302. The highest BCUT2D eigenvalue weighted by Crippen LogP contribution is 2.71. The fourth-order valence-electron chi connectivity index (χ4n) is 6.43. The van der Waals surface area contributed by atoms with Crippen molar-refractivity contribution < 1.29 is 18.9 Å². The van der Waals surface area contributed by atoms with Gasteiger partial charge < -0.3 is 18.9 Å². The third-order valence-electron chi connectivity index (χ3n) is 6.95. The Morgan fingerprint density at radius 3 is 2.41 bits per heavy atom. The molecule has 2 heterocycles. The van der Waals surface area contributed by atoms with Crippen LogP contribution in [0.25, 0.3) is 0 Å². The molecular formula is C18H26O4. The lowest BCUT2D eigenvalue weighted by Gasteiger charge is -2.56. The third kappa shape index (κ3) is 1.52. The molecule has 0 aromatic heterocycles. The molecule has 5 rings (SSSR count). The van der Waals surface area contributed by atoms with E-state index < -0.39 is 5.79 Å². The summed E-state index contributed by atoms with van der Waals surface area (Å²) in [5.41, 5.74) is 0.0368. The van der Waals surface area contributed by atoms with Gasteiger partial charge in [-0.1, -0.05) is 19.1 Å². The van der Waals surface area contributed by atoms with Gasteiger partial charge in [0.05, 0.1) is 26.4 Å². The van der Waals surface area contributed by atoms with E-state index in [1.807, 2.05) is 0 Å². The van der Waals surface area contributed by atoms with E-state index in [1.54, 1.807) is 0 Å². The topological polar surface area (TPSA) is 36.9 Å². The Morgan fingerprint density at radius 1 is 0.909 bits per heavy atom. The highest BCUT2D eigenvalue weighted by molar-refractivity contribution is 5.21. The predicted molar refractivity (Wildman–Crippen MR) is 80.1 cm³/mol. The highest BCUT2D eigenvalue weighted by Gasteiger charge is 2.74. The van der Waals surface area contributed by atoms with Crippen LogP contribution in [0.2, 0.25) is 0 Å². The zero-order valence-corrected chi connectivity index (χ0v) is 13.4. The first-order chi connectivity index (χ1) is 10.7. The molecule has 2 aliphatic heterocycles. The number of hydrogen-bond acceptors (Lipinski definition) is 4. The quantitative estimate of drug-likeness (QED) is 0.645. The van der Waals surface area contributed by atoms with Gasteiger partial charge in [0.15, 0.2) is 11.6 Å². The Hall–Kier alpha value is -0.420. The standard InChI is InChI=1S/C18H26O4/c1-13-10-14-12-17(19-6-7-20-17)15-4-2-3-5-16(14,15)18(11-13)21-8-9-22-18/h2-3,13-15H,4-12H2,1H3/t13-,14+,15-,16+/m0/s1. The monoisotopic (exact) mass is 306 g/mol. The fourth-order valence-corrected chi connectivity index (χ4v) is 6.43. The van der Waals surface area contributed by atoms with Gasteiger partial charge in [0.25, 0.3) is 0 Å². The molecule has 4 fully saturated rings. The van der Waals surface area contributed by atoms with E-state index in [4.69, 9.17) is 18.9 Å². The van der Waals surface area contributed by atoms with Crippen LogP contribution in [-0.2, 0) is 18.9 Å². The van der Waals surface area contributed by atoms with Gasteiger partial charge >= 0.3 is 0 Å². The third-order valence-corrected chi connectivity index (χ3v) is 6.95. The summed E-state index contributed by atoms with van der Waals surface area (Å²) in [5, 5.41) is 0. The zero-order valence-electron chi connectivity index (χ0n) is 13.4. The summed E-state index contributed by atoms with van der Waals surface area (Å²) in [6.45, 7) is 5.26. The largest absolute Gasteiger partial charge is 0.347 e. The predicted octanol–water partition coefficient (Wildman–Crippen LogP) is 2.88. The lowest BCUT2D eigenvalue weighted by Crippen LogP contribution is -2.60. The summed E-state index contributed by atoms with van der Waals surface area (Å²) in [7, 11) is 0. The first-order valence-corrected chi connectivity index (χ1v) is 8.92. The molecule has 0 N–H and O–H groups in total. The Bertz CT molecular complexity index is 489. The molecule has 2 saturated heterocycles. The maximum Gasteiger partial charge on any atom is 0.175 e. The molecule has 4 heteroatoms. The van der Waals surface area contributed by atoms with Gasteiger partial charge in [-0.2, -0.15) is 0 Å². The summed E-state index contributed by atoms with van der Waals surface area (Å²) >= 11 is 0. The van der Waals surface area contributed by atoms with Crippen LogP contribution in [-0.4, -0.2) is 38.0 Å². The van der Waals surface area contributed by atoms with E-state index >= 15 is 0 Å². The van der Waals surface area contributed by atoms with Gasteiger partial charge in [0.2, 0.25) is 0 Å². The van der Waals surface area contributed by atoms with Crippen LogP contribution in [0, 0.1) is 23.2 Å². The van der Waals surface area contributed by atoms with Crippen LogP contribution in [0.15, 0.2) is 12.2 Å². The molecular weight excluding hydrogens is 280 g/mol. The first-order valence-electron chi connectivity index (χ1n) is 8.92. The average Bonchev–Trinajstić information content (AvgIpc) is 3.21. The maximum absolute atomic E-state index is 6.36. The summed E-state index contributed by atoms with van der Waals surface area (Å²) in [6.07, 6.45) is 10.0. The Labute approximate surface area is 132 Å². The van der Waals surface area contributed by atoms with E-state index in [-0.39, 0.29) is 11.2 Å². The van der Waals surface area contributed by atoms with Crippen LogP contribution in [0.3, 0.4) is 0 Å². The van der Waals surface area contributed by atoms with Crippen molar-refractivity contribution in [3.05, 3.63) is 12.2 Å². The van der Waals surface area contributed by atoms with Crippen LogP contribution in [0.1, 0.15) is 39.0 Å². The Kier molecular flexibility index (Phi) is 2.90. The van der Waals surface area contributed by atoms with Gasteiger partial charge in [-0.25, -0.2) is 0 Å². The fraction of sp³-hybridized carbons (Fsp3) is 0.889. The molecule has 3 spiro atoms. The van der Waals surface area contributed by atoms with Crippen molar-refractivity contribution in [1.29, 1.82) is 0 Å². The lowest BCUT2D eigenvalue weighted by atomic mass is 9.54. The molecule has 5 aliphatic rings. The van der Waals surface area contributed by atoms with E-state index in [0.29, 0.717) is 17.8 Å². The molecule has 0 aromatic carbocycles. The SMILES string of the molecule is C[C@H]1C[C@@H]2CC3(OCCO3)[C@H]3CC=CC[C@@]23C2(C1)OCCO2. The summed E-state index contributed by atoms with van der Waals surface area (Å²) < 4.78 is 25.2. The van der Waals surface area contributed by atoms with Crippen molar-refractivity contribution in [2.24, 2.45) is 23.2 Å². The molecule has 3 aliphatic carbocycles. The molecule has 0 radical (unpaired) electrons. The first kappa shape index (κ1) is 14.0. The average molecular weight is 306 g/mol. The van der Waals surface area contributed by atoms with Crippen LogP contribution < -0.4 is 0 Å². The van der Waals surface area contributed by atoms with Crippen molar-refractivity contribution in [2.75, 3.05) is 26.4 Å². The molecule has 0 unspecified atom stereocenters. The van der Waals surface area contributed by atoms with Crippen molar-refractivity contribution in [3.63, 3.8) is 0 Å². The van der Waals surface area contributed by atoms with E-state index in [2.05, 4.69) is 19.1 Å². The van der Waals surface area contributed by atoms with Crippen molar-refractivity contribution >= 4 is 0 Å². The number of hydrogen-bond donors (Lipinski definition) is 0. The van der Waals surface area contributed by atoms with E-state index in [9.17, 15) is 0 Å². The van der Waals surface area contributed by atoms with Crippen LogP contribution >= 0.6 is 0 Å². The zero-order chi connectivity index (χ0) is 14.8. The Morgan fingerprint density at radius 2 is 1.64 bits per heavy atom. The molecule has 0 aromatic rings. The Balaban J connectivity index is 1.66. The minimum atomic E-state index is -0.413. The maximum atomic E-state index is 6.36. The molecule has 4 nitrogen and oxygen atoms in total. The van der Waals surface area contributed by atoms with Crippen molar-refractivity contribution in [2.45, 2.75) is 50.6 Å². The molecule has 4 atom stereocenters. The van der Waals surface area contributed by atoms with Gasteiger partial charge in [-0.15, -0.1) is 0 Å². The van der Waals surface area contributed by atoms with Crippen LogP contribution in [0.4, 0.5) is 0 Å². The van der Waals surface area contributed by atoms with Crippen molar-refractivity contribution in [3.8, 4) is 0 Å². The summed E-state index contributed by atoms with van der Waals surface area (Å²) in [5.74, 6) is 0.771. The van der Waals surface area contributed by atoms with Crippen LogP contribution in [0.5, 0.6) is 0 Å². The van der Waals surface area contributed by atoms with E-state index in [1.165, 1.54) is 6.42 Å². The number of ether oxygens (including phenoxy) is 4. The van der Waals surface area contributed by atoms with Gasteiger partial charge in [0.1, 0.15) is 0 Å². The van der Waals surface area contributed by atoms with Gasteiger partial charge in [0, 0.05) is 24.2 Å². The van der Waals surface area contributed by atoms with Gasteiger partial charge in [-0.05, 0) is 31.1 Å². The van der Waals surface area contributed by atoms with Crippen molar-refractivity contribution in [1.82, 2.24) is 0 Å². The second-order valence-corrected chi connectivity index (χ2v) is 7.91. The second-order valence-electron chi connectivity index (χ2n) is 7.91. The minimum absolute atomic E-state index is 0.0368. The molecule has 0 amide bonds. The van der Waals surface area contributed by atoms with Gasteiger partial charge in [-0.3, -0.25) is 0 Å². The molecule has 2 saturated carbocycles. The molecule has 122 valence electrons. The molecule has 0 bridgehead atoms. The number of fused-ring (bicyclic) bond motifs is 1. The second kappa shape index (κ2) is 4.56. The number of allylic oxidation sites excluding steroid dienone is 2. The highest BCUT2D eigenvalue weighted by atomic mass is 16.8.